The number of hydrogen-bond donors (Lipinski definition) is 1. The lowest BCUT2D eigenvalue weighted by Gasteiger charge is -2.12. The summed E-state index contributed by atoms with van der Waals surface area (Å²) in [7, 11) is 1.56. The van der Waals surface area contributed by atoms with E-state index in [0.29, 0.717) is 28.8 Å². The first-order valence-electron chi connectivity index (χ1n) is 6.19. The van der Waals surface area contributed by atoms with Crippen LogP contribution in [-0.2, 0) is 0 Å². The van der Waals surface area contributed by atoms with Gasteiger partial charge >= 0.3 is 5.97 Å². The molecule has 1 N–H and O–H groups in total. The predicted octanol–water partition coefficient (Wildman–Crippen LogP) is 3.99. The molecule has 0 saturated carbocycles. The Morgan fingerprint density at radius 3 is 2.71 bits per heavy atom. The number of carboxylic acid groups (broad SMARTS) is 1. The van der Waals surface area contributed by atoms with Crippen LogP contribution < -0.4 is 9.47 Å². The monoisotopic (exact) mass is 371 g/mol. The smallest absolute Gasteiger partial charge is 0.347 e. The molecule has 0 bridgehead atoms. The van der Waals surface area contributed by atoms with Gasteiger partial charge in [-0.3, -0.25) is 0 Å². The average Bonchev–Trinajstić information content (AvgIpc) is 2.83. The molecule has 2 aromatic rings. The van der Waals surface area contributed by atoms with Gasteiger partial charge in [-0.2, -0.15) is 0 Å². The lowest BCUT2D eigenvalue weighted by Crippen LogP contribution is -1.97. The second-order valence-electron chi connectivity index (χ2n) is 4.16. The van der Waals surface area contributed by atoms with Gasteiger partial charge in [-0.15, -0.1) is 11.3 Å². The molecule has 2 rings (SSSR count). The minimum Gasteiger partial charge on any atom is -0.493 e. The van der Waals surface area contributed by atoms with Gasteiger partial charge in [-0.05, 0) is 41.9 Å². The number of ether oxygens (including phenoxy) is 2. The number of methoxy groups -OCH3 is 1. The van der Waals surface area contributed by atoms with E-state index in [9.17, 15) is 4.79 Å². The molecule has 0 aliphatic heterocycles. The van der Waals surface area contributed by atoms with Gasteiger partial charge in [0.2, 0.25) is 0 Å². The lowest BCUT2D eigenvalue weighted by atomic mass is 10.2. The van der Waals surface area contributed by atoms with Gasteiger partial charge in [-0.1, -0.05) is 0 Å². The zero-order chi connectivity index (χ0) is 15.6. The highest BCUT2D eigenvalue weighted by Crippen LogP contribution is 2.40. The maximum atomic E-state index is 11.1. The Morgan fingerprint density at radius 1 is 1.48 bits per heavy atom. The van der Waals surface area contributed by atoms with Crippen LogP contribution >= 0.6 is 27.3 Å². The van der Waals surface area contributed by atoms with Crippen LogP contribution in [0.5, 0.6) is 11.5 Å². The Hall–Kier alpha value is -1.60. The predicted molar refractivity (Wildman–Crippen MR) is 84.7 cm³/mol. The fourth-order valence-electron chi connectivity index (χ4n) is 1.85. The van der Waals surface area contributed by atoms with E-state index in [2.05, 4.69) is 20.9 Å². The van der Waals surface area contributed by atoms with Gasteiger partial charge < -0.3 is 14.6 Å². The summed E-state index contributed by atoms with van der Waals surface area (Å²) in [6.07, 6.45) is 0. The number of benzene rings is 1. The first-order valence-corrected chi connectivity index (χ1v) is 7.80. The highest BCUT2D eigenvalue weighted by atomic mass is 79.9. The Kier molecular flexibility index (Phi) is 4.84. The average molecular weight is 372 g/mol. The summed E-state index contributed by atoms with van der Waals surface area (Å²) >= 11 is 4.59. The Labute approximate surface area is 134 Å². The molecule has 0 spiro atoms. The third-order valence-corrected chi connectivity index (χ3v) is 4.54. The number of carboxylic acids is 1. The number of carbonyl (C=O) groups is 1. The van der Waals surface area contributed by atoms with E-state index < -0.39 is 5.97 Å². The normalized spacial score (nSPS) is 10.5. The van der Waals surface area contributed by atoms with E-state index in [1.807, 2.05) is 13.0 Å². The van der Waals surface area contributed by atoms with Crippen molar-refractivity contribution in [2.45, 2.75) is 13.8 Å². The second-order valence-corrected chi connectivity index (χ2v) is 6.01. The molecule has 1 aromatic heterocycles. The van der Waals surface area contributed by atoms with Gasteiger partial charge in [0.1, 0.15) is 9.88 Å². The molecule has 0 aliphatic rings. The highest BCUT2D eigenvalue weighted by Gasteiger charge is 2.18. The summed E-state index contributed by atoms with van der Waals surface area (Å²) in [6.45, 7) is 4.10. The first-order chi connectivity index (χ1) is 9.97. The number of aromatic nitrogens is 1. The zero-order valence-corrected chi connectivity index (χ0v) is 14.2. The Balaban J connectivity index is 2.52. The first kappa shape index (κ1) is 15.8. The van der Waals surface area contributed by atoms with Crippen LogP contribution in [0.25, 0.3) is 10.6 Å². The van der Waals surface area contributed by atoms with Gasteiger partial charge in [0.15, 0.2) is 11.5 Å². The van der Waals surface area contributed by atoms with E-state index in [0.717, 1.165) is 21.4 Å². The number of thiazole rings is 1. The van der Waals surface area contributed by atoms with E-state index in [-0.39, 0.29) is 4.88 Å². The number of aromatic carboxylic acids is 1. The van der Waals surface area contributed by atoms with Crippen LogP contribution in [0.15, 0.2) is 16.6 Å². The largest absolute Gasteiger partial charge is 0.493 e. The number of hydrogen-bond acceptors (Lipinski definition) is 5. The molecule has 5 nitrogen and oxygen atoms in total. The summed E-state index contributed by atoms with van der Waals surface area (Å²) in [4.78, 5) is 15.7. The SMILES string of the molecule is CCOc1c(Br)cc(-c2nc(C)c(C(=O)O)s2)cc1OC. The molecule has 7 heteroatoms. The summed E-state index contributed by atoms with van der Waals surface area (Å²) in [6, 6.07) is 3.64. The summed E-state index contributed by atoms with van der Waals surface area (Å²) in [5.41, 5.74) is 1.29. The maximum Gasteiger partial charge on any atom is 0.347 e. The van der Waals surface area contributed by atoms with Crippen LogP contribution in [0, 0.1) is 6.92 Å². The van der Waals surface area contributed by atoms with Gasteiger partial charge in [-0.25, -0.2) is 9.78 Å². The van der Waals surface area contributed by atoms with Crippen molar-refractivity contribution in [3.63, 3.8) is 0 Å². The van der Waals surface area contributed by atoms with Crippen molar-refractivity contribution in [3.05, 3.63) is 27.2 Å². The Bertz CT molecular complexity index is 684. The van der Waals surface area contributed by atoms with Crippen molar-refractivity contribution in [2.24, 2.45) is 0 Å². The molecular weight excluding hydrogens is 358 g/mol. The summed E-state index contributed by atoms with van der Waals surface area (Å²) in [5, 5.41) is 9.74. The van der Waals surface area contributed by atoms with Crippen molar-refractivity contribution in [3.8, 4) is 22.1 Å². The van der Waals surface area contributed by atoms with Crippen molar-refractivity contribution < 1.29 is 19.4 Å². The van der Waals surface area contributed by atoms with Crippen LogP contribution in [0.4, 0.5) is 0 Å². The quantitative estimate of drug-likeness (QED) is 0.860. The molecule has 1 aromatic carbocycles. The van der Waals surface area contributed by atoms with Gasteiger partial charge in [0.25, 0.3) is 0 Å². The van der Waals surface area contributed by atoms with Crippen LogP contribution in [0.3, 0.4) is 0 Å². The molecule has 0 atom stereocenters. The van der Waals surface area contributed by atoms with Crippen LogP contribution in [0.1, 0.15) is 22.3 Å². The summed E-state index contributed by atoms with van der Waals surface area (Å²) in [5.74, 6) is 0.231. The molecule has 0 radical (unpaired) electrons. The fraction of sp³-hybridized carbons (Fsp3) is 0.286. The van der Waals surface area contributed by atoms with Crippen LogP contribution in [0.2, 0.25) is 0 Å². The van der Waals surface area contributed by atoms with Gasteiger partial charge in [0, 0.05) is 5.56 Å². The zero-order valence-electron chi connectivity index (χ0n) is 11.8. The molecule has 0 aliphatic carbocycles. The minimum atomic E-state index is -0.965. The molecular formula is C14H14BrNO4S. The van der Waals surface area contributed by atoms with E-state index in [1.165, 1.54) is 0 Å². The molecule has 0 unspecified atom stereocenters. The van der Waals surface area contributed by atoms with Crippen molar-refractivity contribution in [2.75, 3.05) is 13.7 Å². The van der Waals surface area contributed by atoms with Crippen molar-refractivity contribution in [1.82, 2.24) is 4.98 Å². The molecule has 0 fully saturated rings. The number of aryl methyl sites for hydroxylation is 1. The van der Waals surface area contributed by atoms with E-state index >= 15 is 0 Å². The topological polar surface area (TPSA) is 68.7 Å². The minimum absolute atomic E-state index is 0.244. The molecule has 0 saturated heterocycles. The second kappa shape index (κ2) is 6.44. The van der Waals surface area contributed by atoms with Crippen molar-refractivity contribution >= 4 is 33.2 Å². The standard InChI is InChI=1S/C14H14BrNO4S/c1-4-20-11-9(15)5-8(6-10(11)19-3)13-16-7(2)12(21-13)14(17)18/h5-6H,4H2,1-3H3,(H,17,18). The molecule has 1 heterocycles. The van der Waals surface area contributed by atoms with Gasteiger partial charge in [0.05, 0.1) is 23.9 Å². The van der Waals surface area contributed by atoms with Crippen LogP contribution in [-0.4, -0.2) is 29.8 Å². The highest BCUT2D eigenvalue weighted by molar-refractivity contribution is 9.10. The molecule has 0 amide bonds. The number of nitrogens with zero attached hydrogens (tertiary/aromatic N) is 1. The number of rotatable bonds is 5. The lowest BCUT2D eigenvalue weighted by molar-refractivity contribution is 0.0701. The maximum absolute atomic E-state index is 11.1. The third-order valence-electron chi connectivity index (χ3n) is 2.76. The van der Waals surface area contributed by atoms with E-state index in [1.54, 1.807) is 20.1 Å². The van der Waals surface area contributed by atoms with Crippen molar-refractivity contribution in [1.29, 1.82) is 0 Å². The molecule has 21 heavy (non-hydrogen) atoms. The van der Waals surface area contributed by atoms with E-state index in [4.69, 9.17) is 14.6 Å². The number of halogens is 1. The molecule has 112 valence electrons. The fourth-order valence-corrected chi connectivity index (χ4v) is 3.29. The summed E-state index contributed by atoms with van der Waals surface area (Å²) < 4.78 is 11.6. The Morgan fingerprint density at radius 2 is 2.19 bits per heavy atom. The third kappa shape index (κ3) is 3.19.